The summed E-state index contributed by atoms with van der Waals surface area (Å²) in [5, 5.41) is 1.10. The molecule has 0 aliphatic heterocycles. The molecular formula is C17H16ClN3O3S. The number of thiophene rings is 1. The molecule has 8 heteroatoms. The number of aryl methyl sites for hydroxylation is 2. The van der Waals surface area contributed by atoms with Gasteiger partial charge in [-0.3, -0.25) is 15.0 Å². The molecule has 1 aromatic carbocycles. The maximum atomic E-state index is 12.4. The number of ether oxygens (including phenoxy) is 1. The van der Waals surface area contributed by atoms with E-state index in [1.165, 1.54) is 17.7 Å². The van der Waals surface area contributed by atoms with Crippen molar-refractivity contribution in [2.24, 2.45) is 0 Å². The van der Waals surface area contributed by atoms with Crippen LogP contribution >= 0.6 is 22.9 Å². The molecule has 3 aromatic rings. The molecule has 2 aromatic heterocycles. The quantitative estimate of drug-likeness (QED) is 0.741. The Hall–Kier alpha value is -2.38. The minimum atomic E-state index is -0.455. The molecule has 25 heavy (non-hydrogen) atoms. The van der Waals surface area contributed by atoms with Gasteiger partial charge in [0.1, 0.15) is 16.9 Å². The number of halogens is 1. The van der Waals surface area contributed by atoms with Crippen molar-refractivity contribution in [3.8, 4) is 5.75 Å². The highest BCUT2D eigenvalue weighted by molar-refractivity contribution is 7.18. The third-order valence-electron chi connectivity index (χ3n) is 3.59. The normalized spacial score (nSPS) is 10.8. The summed E-state index contributed by atoms with van der Waals surface area (Å²) in [5.41, 5.74) is 3.00. The average molecular weight is 378 g/mol. The van der Waals surface area contributed by atoms with Crippen LogP contribution in [0, 0.1) is 6.92 Å². The Morgan fingerprint density at radius 1 is 1.40 bits per heavy atom. The number of nitrogens with zero attached hydrogens (tertiary/aromatic N) is 2. The van der Waals surface area contributed by atoms with Crippen molar-refractivity contribution >= 4 is 39.1 Å². The van der Waals surface area contributed by atoms with Gasteiger partial charge in [-0.05, 0) is 43.2 Å². The molecule has 0 aliphatic carbocycles. The number of nitrogens with one attached hydrogen (secondary N) is 1. The van der Waals surface area contributed by atoms with E-state index in [-0.39, 0.29) is 12.2 Å². The van der Waals surface area contributed by atoms with Crippen molar-refractivity contribution in [1.29, 1.82) is 0 Å². The van der Waals surface area contributed by atoms with Gasteiger partial charge in [0.05, 0.1) is 5.39 Å². The molecule has 0 radical (unpaired) electrons. The molecule has 0 aliphatic rings. The Kier molecular flexibility index (Phi) is 5.06. The fourth-order valence-electron chi connectivity index (χ4n) is 2.31. The van der Waals surface area contributed by atoms with E-state index >= 15 is 0 Å². The van der Waals surface area contributed by atoms with E-state index in [1.54, 1.807) is 18.2 Å². The molecule has 1 N–H and O–H groups in total. The maximum absolute atomic E-state index is 12.4. The van der Waals surface area contributed by atoms with Gasteiger partial charge in [-0.2, -0.15) is 0 Å². The summed E-state index contributed by atoms with van der Waals surface area (Å²) < 4.78 is 6.55. The van der Waals surface area contributed by atoms with Gasteiger partial charge < -0.3 is 4.74 Å². The second-order valence-electron chi connectivity index (χ2n) is 5.44. The number of benzene rings is 1. The Labute approximate surface area is 153 Å². The highest BCUT2D eigenvalue weighted by Crippen LogP contribution is 2.22. The van der Waals surface area contributed by atoms with Crippen LogP contribution in [-0.2, 0) is 11.2 Å². The van der Waals surface area contributed by atoms with E-state index in [4.69, 9.17) is 16.3 Å². The molecule has 0 spiro atoms. The minimum absolute atomic E-state index is 0.225. The Bertz CT molecular complexity index is 996. The molecule has 0 saturated heterocycles. The summed E-state index contributed by atoms with van der Waals surface area (Å²) in [7, 11) is 0. The molecule has 3 rings (SSSR count). The third-order valence-corrected chi connectivity index (χ3v) is 5.02. The van der Waals surface area contributed by atoms with Gasteiger partial charge in [0.25, 0.3) is 11.5 Å². The zero-order chi connectivity index (χ0) is 18.0. The summed E-state index contributed by atoms with van der Waals surface area (Å²) in [6.45, 7) is 3.63. The van der Waals surface area contributed by atoms with Crippen LogP contribution in [0.25, 0.3) is 10.2 Å². The van der Waals surface area contributed by atoms with Crippen LogP contribution in [0.1, 0.15) is 17.4 Å². The van der Waals surface area contributed by atoms with Crippen molar-refractivity contribution in [3.63, 3.8) is 0 Å². The van der Waals surface area contributed by atoms with E-state index in [0.717, 1.165) is 21.5 Å². The predicted molar refractivity (Wildman–Crippen MR) is 99.3 cm³/mol. The van der Waals surface area contributed by atoms with Crippen LogP contribution in [0.5, 0.6) is 5.75 Å². The van der Waals surface area contributed by atoms with Crippen LogP contribution in [0.4, 0.5) is 0 Å². The molecule has 0 bridgehead atoms. The molecule has 130 valence electrons. The van der Waals surface area contributed by atoms with Gasteiger partial charge in [0.2, 0.25) is 0 Å². The van der Waals surface area contributed by atoms with Gasteiger partial charge in [-0.1, -0.05) is 18.5 Å². The molecular weight excluding hydrogens is 362 g/mol. The summed E-state index contributed by atoms with van der Waals surface area (Å²) >= 11 is 7.36. The first-order valence-electron chi connectivity index (χ1n) is 7.67. The lowest BCUT2D eigenvalue weighted by atomic mass is 10.2. The lowest BCUT2D eigenvalue weighted by molar-refractivity contribution is -0.119. The monoisotopic (exact) mass is 377 g/mol. The van der Waals surface area contributed by atoms with E-state index in [2.05, 4.69) is 10.4 Å². The van der Waals surface area contributed by atoms with Gasteiger partial charge in [-0.15, -0.1) is 11.3 Å². The number of aromatic nitrogens is 2. The zero-order valence-corrected chi connectivity index (χ0v) is 15.3. The van der Waals surface area contributed by atoms with Gasteiger partial charge >= 0.3 is 0 Å². The molecule has 1 amide bonds. The fraction of sp³-hybridized carbons (Fsp3) is 0.235. The lowest BCUT2D eigenvalue weighted by Gasteiger charge is -2.10. The number of carbonyl (C=O) groups excluding carboxylic acids is 1. The van der Waals surface area contributed by atoms with E-state index in [1.807, 2.05) is 19.9 Å². The molecule has 0 atom stereocenters. The minimum Gasteiger partial charge on any atom is -0.483 e. The van der Waals surface area contributed by atoms with Crippen molar-refractivity contribution < 1.29 is 9.53 Å². The van der Waals surface area contributed by atoms with Crippen LogP contribution in [0.15, 0.2) is 35.4 Å². The highest BCUT2D eigenvalue weighted by Gasteiger charge is 2.11. The molecule has 0 fully saturated rings. The van der Waals surface area contributed by atoms with E-state index in [9.17, 15) is 9.59 Å². The van der Waals surface area contributed by atoms with E-state index < -0.39 is 5.91 Å². The SMILES string of the molecule is CCc1cc2c(=O)n(NC(=O)COc3ccc(Cl)cc3C)cnc2s1. The summed E-state index contributed by atoms with van der Waals surface area (Å²) in [6, 6.07) is 6.94. The van der Waals surface area contributed by atoms with Crippen LogP contribution in [0.3, 0.4) is 0 Å². The standard InChI is InChI=1S/C17H16ClN3O3S/c1-3-12-7-13-16(25-12)19-9-21(17(13)23)20-15(22)8-24-14-5-4-11(18)6-10(14)2/h4-7,9H,3,8H2,1-2H3,(H,20,22). The molecule has 0 unspecified atom stereocenters. The van der Waals surface area contributed by atoms with Crippen molar-refractivity contribution in [2.75, 3.05) is 12.0 Å². The molecule has 2 heterocycles. The summed E-state index contributed by atoms with van der Waals surface area (Å²) in [4.78, 5) is 30.4. The van der Waals surface area contributed by atoms with Crippen LogP contribution in [0.2, 0.25) is 5.02 Å². The predicted octanol–water partition coefficient (Wildman–Crippen LogP) is 3.13. The summed E-state index contributed by atoms with van der Waals surface area (Å²) in [6.07, 6.45) is 2.15. The number of rotatable bonds is 5. The smallest absolute Gasteiger partial charge is 0.280 e. The topological polar surface area (TPSA) is 73.2 Å². The fourth-order valence-corrected chi connectivity index (χ4v) is 3.46. The number of hydrogen-bond donors (Lipinski definition) is 1. The average Bonchev–Trinajstić information content (AvgIpc) is 3.01. The largest absolute Gasteiger partial charge is 0.483 e. The van der Waals surface area contributed by atoms with Crippen molar-refractivity contribution in [3.05, 3.63) is 56.4 Å². The third kappa shape index (κ3) is 3.83. The van der Waals surface area contributed by atoms with Gasteiger partial charge in [-0.25, -0.2) is 9.66 Å². The molecule has 0 saturated carbocycles. The zero-order valence-electron chi connectivity index (χ0n) is 13.7. The van der Waals surface area contributed by atoms with Crippen molar-refractivity contribution in [2.45, 2.75) is 20.3 Å². The number of carbonyl (C=O) groups is 1. The van der Waals surface area contributed by atoms with Crippen LogP contribution in [-0.4, -0.2) is 22.2 Å². The summed E-state index contributed by atoms with van der Waals surface area (Å²) in [5.74, 6) is 0.106. The van der Waals surface area contributed by atoms with E-state index in [0.29, 0.717) is 21.0 Å². The first-order chi connectivity index (χ1) is 12.0. The first-order valence-corrected chi connectivity index (χ1v) is 8.86. The number of fused-ring (bicyclic) bond motifs is 1. The van der Waals surface area contributed by atoms with Gasteiger partial charge in [0, 0.05) is 9.90 Å². The molecule has 6 nitrogen and oxygen atoms in total. The van der Waals surface area contributed by atoms with Gasteiger partial charge in [0.15, 0.2) is 6.61 Å². The highest BCUT2D eigenvalue weighted by atomic mass is 35.5. The number of hydrogen-bond acceptors (Lipinski definition) is 5. The lowest BCUT2D eigenvalue weighted by Crippen LogP contribution is -2.35. The Morgan fingerprint density at radius 3 is 2.92 bits per heavy atom. The second-order valence-corrected chi connectivity index (χ2v) is 6.99. The first kappa shape index (κ1) is 17.4. The Morgan fingerprint density at radius 2 is 2.20 bits per heavy atom. The number of amides is 1. The second kappa shape index (κ2) is 7.25. The Balaban J connectivity index is 1.71. The maximum Gasteiger partial charge on any atom is 0.280 e. The van der Waals surface area contributed by atoms with Crippen molar-refractivity contribution in [1.82, 2.24) is 9.66 Å². The van der Waals surface area contributed by atoms with Crippen LogP contribution < -0.4 is 15.7 Å².